The first-order valence-electron chi connectivity index (χ1n) is 6.18. The number of nitrogens with two attached hydrogens (primary N) is 1. The minimum absolute atomic E-state index is 0.278. The van der Waals surface area contributed by atoms with E-state index in [1.165, 1.54) is 17.6 Å². The van der Waals surface area contributed by atoms with Gasteiger partial charge in [0.15, 0.2) is 10.9 Å². The van der Waals surface area contributed by atoms with E-state index in [0.29, 0.717) is 22.1 Å². The number of thiazole rings is 1. The van der Waals surface area contributed by atoms with Gasteiger partial charge in [-0.3, -0.25) is 10.1 Å². The van der Waals surface area contributed by atoms with Gasteiger partial charge in [0.05, 0.1) is 18.1 Å². The minimum Gasteiger partial charge on any atom is -0.494 e. The summed E-state index contributed by atoms with van der Waals surface area (Å²) in [5.74, 6) is 0.528. The number of aryl methyl sites for hydroxylation is 1. The zero-order valence-corrected chi connectivity index (χ0v) is 12.3. The Labute approximate surface area is 124 Å². The number of anilines is 2. The lowest BCUT2D eigenvalue weighted by Gasteiger charge is -2.01. The number of aromatic nitrogens is 1. The lowest BCUT2D eigenvalue weighted by atomic mass is 10.3. The molecule has 108 valence electrons. The topological polar surface area (TPSA) is 90.4 Å². The van der Waals surface area contributed by atoms with Gasteiger partial charge in [0.1, 0.15) is 11.3 Å². The number of carbonyl (C=O) groups is 1. The van der Waals surface area contributed by atoms with Crippen LogP contribution in [-0.2, 0) is 0 Å². The number of furan rings is 1. The average molecular weight is 303 g/mol. The molecule has 0 aliphatic carbocycles. The van der Waals surface area contributed by atoms with Crippen molar-refractivity contribution in [2.24, 2.45) is 0 Å². The fraction of sp³-hybridized carbons (Fsp3) is 0.143. The number of hydrogen-bond donors (Lipinski definition) is 2. The summed E-state index contributed by atoms with van der Waals surface area (Å²) in [4.78, 5) is 16.5. The summed E-state index contributed by atoms with van der Waals surface area (Å²) in [5.41, 5.74) is 7.83. The summed E-state index contributed by atoms with van der Waals surface area (Å²) in [6, 6.07) is 5.23. The quantitative estimate of drug-likeness (QED) is 0.726. The number of fused-ring (bicyclic) bond motifs is 1. The number of hydrogen-bond acceptors (Lipinski definition) is 6. The fourth-order valence-electron chi connectivity index (χ4n) is 1.99. The fourth-order valence-corrected chi connectivity index (χ4v) is 2.91. The van der Waals surface area contributed by atoms with Crippen molar-refractivity contribution >= 4 is 38.3 Å². The molecule has 1 aromatic carbocycles. The number of nitrogens with zero attached hydrogens (tertiary/aromatic N) is 1. The summed E-state index contributed by atoms with van der Waals surface area (Å²) in [7, 11) is 1.55. The Hall–Kier alpha value is -2.54. The molecule has 0 radical (unpaired) electrons. The molecule has 21 heavy (non-hydrogen) atoms. The average Bonchev–Trinajstić information content (AvgIpc) is 3.03. The van der Waals surface area contributed by atoms with Crippen LogP contribution in [0.15, 0.2) is 28.9 Å². The number of methoxy groups -OCH3 is 1. The third-order valence-electron chi connectivity index (χ3n) is 2.99. The molecule has 0 bridgehead atoms. The van der Waals surface area contributed by atoms with E-state index in [4.69, 9.17) is 14.9 Å². The van der Waals surface area contributed by atoms with Gasteiger partial charge >= 0.3 is 0 Å². The van der Waals surface area contributed by atoms with E-state index in [9.17, 15) is 4.79 Å². The van der Waals surface area contributed by atoms with Gasteiger partial charge in [-0.25, -0.2) is 4.98 Å². The van der Waals surface area contributed by atoms with E-state index < -0.39 is 0 Å². The largest absolute Gasteiger partial charge is 0.494 e. The smallest absolute Gasteiger partial charge is 0.293 e. The molecular weight excluding hydrogens is 290 g/mol. The standard InChI is InChI=1S/C14H13N3O3S/c1-7-3-4-20-12(7)13(18)17-14-16-11-9(19-2)5-8(15)6-10(11)21-14/h3-6H,15H2,1-2H3,(H,16,17,18). The number of nitrogens with one attached hydrogen (secondary N) is 1. The molecule has 0 spiro atoms. The maximum absolute atomic E-state index is 12.1. The highest BCUT2D eigenvalue weighted by atomic mass is 32.1. The molecule has 3 N–H and O–H groups in total. The van der Waals surface area contributed by atoms with Crippen molar-refractivity contribution in [2.45, 2.75) is 6.92 Å². The van der Waals surface area contributed by atoms with Gasteiger partial charge in [-0.2, -0.15) is 0 Å². The van der Waals surface area contributed by atoms with Gasteiger partial charge in [0.25, 0.3) is 5.91 Å². The first kappa shape index (κ1) is 13.4. The molecule has 0 fully saturated rings. The summed E-state index contributed by atoms with van der Waals surface area (Å²) in [6.07, 6.45) is 1.48. The highest BCUT2D eigenvalue weighted by Crippen LogP contribution is 2.34. The Bertz CT molecular complexity index is 822. The van der Waals surface area contributed by atoms with Crippen LogP contribution in [0.25, 0.3) is 10.2 Å². The van der Waals surface area contributed by atoms with E-state index in [1.54, 1.807) is 32.2 Å². The minimum atomic E-state index is -0.330. The molecule has 0 atom stereocenters. The molecule has 7 heteroatoms. The van der Waals surface area contributed by atoms with Gasteiger partial charge < -0.3 is 14.9 Å². The van der Waals surface area contributed by atoms with Crippen molar-refractivity contribution in [1.82, 2.24) is 4.98 Å². The van der Waals surface area contributed by atoms with Crippen LogP contribution in [-0.4, -0.2) is 18.0 Å². The van der Waals surface area contributed by atoms with Crippen LogP contribution in [0, 0.1) is 6.92 Å². The normalized spacial score (nSPS) is 10.8. The van der Waals surface area contributed by atoms with Gasteiger partial charge in [-0.05, 0) is 19.1 Å². The second-order valence-electron chi connectivity index (χ2n) is 4.48. The van der Waals surface area contributed by atoms with Crippen molar-refractivity contribution in [3.63, 3.8) is 0 Å². The molecule has 6 nitrogen and oxygen atoms in total. The first-order chi connectivity index (χ1) is 10.1. The summed E-state index contributed by atoms with van der Waals surface area (Å²) in [5, 5.41) is 3.19. The number of rotatable bonds is 3. The Balaban J connectivity index is 1.95. The molecule has 0 saturated carbocycles. The van der Waals surface area contributed by atoms with Gasteiger partial charge in [-0.15, -0.1) is 0 Å². The van der Waals surface area contributed by atoms with E-state index in [0.717, 1.165) is 10.3 Å². The maximum Gasteiger partial charge on any atom is 0.293 e. The SMILES string of the molecule is COc1cc(N)cc2sc(NC(=O)c3occc3C)nc12. The van der Waals surface area contributed by atoms with Crippen molar-refractivity contribution in [3.05, 3.63) is 35.8 Å². The van der Waals surface area contributed by atoms with Gasteiger partial charge in [0, 0.05) is 17.3 Å². The molecular formula is C14H13N3O3S. The molecule has 3 rings (SSSR count). The Morgan fingerprint density at radius 2 is 2.29 bits per heavy atom. The Morgan fingerprint density at radius 3 is 2.95 bits per heavy atom. The van der Waals surface area contributed by atoms with E-state index in [1.807, 2.05) is 0 Å². The molecule has 2 heterocycles. The molecule has 0 saturated heterocycles. The van der Waals surface area contributed by atoms with E-state index in [-0.39, 0.29) is 11.7 Å². The number of benzene rings is 1. The summed E-state index contributed by atoms with van der Waals surface area (Å²) >= 11 is 1.33. The number of nitrogen functional groups attached to an aromatic ring is 1. The van der Waals surface area contributed by atoms with Crippen LogP contribution in [0.2, 0.25) is 0 Å². The zero-order valence-electron chi connectivity index (χ0n) is 11.5. The van der Waals surface area contributed by atoms with Crippen LogP contribution in [0.1, 0.15) is 16.1 Å². The predicted octanol–water partition coefficient (Wildman–Crippen LogP) is 3.04. The third-order valence-corrected chi connectivity index (χ3v) is 3.91. The Kier molecular flexibility index (Phi) is 3.26. The molecule has 0 aliphatic rings. The molecule has 0 aliphatic heterocycles. The van der Waals surface area contributed by atoms with Crippen molar-refractivity contribution < 1.29 is 13.9 Å². The van der Waals surface area contributed by atoms with Crippen LogP contribution < -0.4 is 15.8 Å². The van der Waals surface area contributed by atoms with Crippen molar-refractivity contribution in [1.29, 1.82) is 0 Å². The lowest BCUT2D eigenvalue weighted by Crippen LogP contribution is -2.11. The van der Waals surface area contributed by atoms with E-state index in [2.05, 4.69) is 10.3 Å². The monoisotopic (exact) mass is 303 g/mol. The molecule has 1 amide bonds. The maximum atomic E-state index is 12.1. The van der Waals surface area contributed by atoms with Gasteiger partial charge in [-0.1, -0.05) is 11.3 Å². The van der Waals surface area contributed by atoms with E-state index >= 15 is 0 Å². The highest BCUT2D eigenvalue weighted by molar-refractivity contribution is 7.22. The lowest BCUT2D eigenvalue weighted by molar-refractivity contribution is 0.0996. The zero-order chi connectivity index (χ0) is 15.0. The van der Waals surface area contributed by atoms with Crippen LogP contribution in [0.4, 0.5) is 10.8 Å². The van der Waals surface area contributed by atoms with Crippen LogP contribution in [0.5, 0.6) is 5.75 Å². The molecule has 2 aromatic heterocycles. The number of amides is 1. The van der Waals surface area contributed by atoms with Gasteiger partial charge in [0.2, 0.25) is 0 Å². The van der Waals surface area contributed by atoms with Crippen molar-refractivity contribution in [2.75, 3.05) is 18.2 Å². The summed E-state index contributed by atoms with van der Waals surface area (Å²) in [6.45, 7) is 1.81. The predicted molar refractivity (Wildman–Crippen MR) is 82.0 cm³/mol. The van der Waals surface area contributed by atoms with Crippen LogP contribution in [0.3, 0.4) is 0 Å². The van der Waals surface area contributed by atoms with Crippen molar-refractivity contribution in [3.8, 4) is 5.75 Å². The third kappa shape index (κ3) is 2.43. The Morgan fingerprint density at radius 1 is 1.48 bits per heavy atom. The molecule has 0 unspecified atom stereocenters. The second-order valence-corrected chi connectivity index (χ2v) is 5.51. The molecule has 3 aromatic rings. The first-order valence-corrected chi connectivity index (χ1v) is 6.99. The highest BCUT2D eigenvalue weighted by Gasteiger charge is 2.16. The van der Waals surface area contributed by atoms with Crippen LogP contribution >= 0.6 is 11.3 Å². The second kappa shape index (κ2) is 5.10. The number of ether oxygens (including phenoxy) is 1. The number of carbonyl (C=O) groups excluding carboxylic acids is 1. The summed E-state index contributed by atoms with van der Waals surface area (Å²) < 4.78 is 11.3.